The Morgan fingerprint density at radius 3 is 2.63 bits per heavy atom. The third kappa shape index (κ3) is 2.91. The number of hydrogen-bond acceptors (Lipinski definition) is 4. The summed E-state index contributed by atoms with van der Waals surface area (Å²) in [4.78, 5) is 1.25. The van der Waals surface area contributed by atoms with E-state index >= 15 is 0 Å². The van der Waals surface area contributed by atoms with E-state index in [2.05, 4.69) is 26.1 Å². The number of aromatic nitrogens is 2. The highest BCUT2D eigenvalue weighted by molar-refractivity contribution is 9.10. The van der Waals surface area contributed by atoms with Gasteiger partial charge in [0.15, 0.2) is 0 Å². The smallest absolute Gasteiger partial charge is 0.246 e. The van der Waals surface area contributed by atoms with Gasteiger partial charge in [0.1, 0.15) is 4.90 Å². The SMILES string of the molecule is Cc1n[nH]c(C)c1S(=O)(=O)N(C)Cc1cc(Br)cs1. The van der Waals surface area contributed by atoms with Crippen molar-refractivity contribution in [2.24, 2.45) is 0 Å². The van der Waals surface area contributed by atoms with Crippen molar-refractivity contribution in [1.82, 2.24) is 14.5 Å². The predicted octanol–water partition coefficient (Wildman–Crippen LogP) is 2.67. The number of aromatic amines is 1. The Morgan fingerprint density at radius 2 is 2.16 bits per heavy atom. The molecular formula is C11H14BrN3O2S2. The zero-order valence-electron chi connectivity index (χ0n) is 10.8. The summed E-state index contributed by atoms with van der Waals surface area (Å²) in [6.45, 7) is 3.75. The normalized spacial score (nSPS) is 12.3. The zero-order chi connectivity index (χ0) is 14.2. The van der Waals surface area contributed by atoms with Crippen LogP contribution >= 0.6 is 27.3 Å². The highest BCUT2D eigenvalue weighted by Gasteiger charge is 2.27. The van der Waals surface area contributed by atoms with Crippen molar-refractivity contribution in [2.45, 2.75) is 25.3 Å². The molecule has 0 aliphatic carbocycles. The van der Waals surface area contributed by atoms with Gasteiger partial charge < -0.3 is 0 Å². The van der Waals surface area contributed by atoms with Crippen molar-refractivity contribution in [1.29, 1.82) is 0 Å². The minimum atomic E-state index is -3.51. The van der Waals surface area contributed by atoms with Crippen molar-refractivity contribution >= 4 is 37.3 Å². The van der Waals surface area contributed by atoms with E-state index < -0.39 is 10.0 Å². The summed E-state index contributed by atoms with van der Waals surface area (Å²) in [6, 6.07) is 1.92. The van der Waals surface area contributed by atoms with Crippen LogP contribution in [0, 0.1) is 13.8 Å². The maximum atomic E-state index is 12.5. The first-order valence-corrected chi connectivity index (χ1v) is 8.64. The molecule has 2 heterocycles. The Morgan fingerprint density at radius 1 is 1.47 bits per heavy atom. The molecule has 0 spiro atoms. The highest BCUT2D eigenvalue weighted by Crippen LogP contribution is 2.25. The molecule has 2 aromatic rings. The predicted molar refractivity (Wildman–Crippen MR) is 78.7 cm³/mol. The van der Waals surface area contributed by atoms with E-state index in [1.165, 1.54) is 15.6 Å². The third-order valence-corrected chi connectivity index (χ3v) is 6.48. The fraction of sp³-hybridized carbons (Fsp3) is 0.364. The fourth-order valence-corrected chi connectivity index (χ4v) is 4.88. The standard InChI is InChI=1S/C11H14BrN3O2S2/c1-7-11(8(2)14-13-7)19(16,17)15(3)5-10-4-9(12)6-18-10/h4,6H,5H2,1-3H3,(H,13,14). The molecule has 2 rings (SSSR count). The Balaban J connectivity index is 2.30. The van der Waals surface area contributed by atoms with Gasteiger partial charge >= 0.3 is 0 Å². The lowest BCUT2D eigenvalue weighted by atomic mass is 10.4. The van der Waals surface area contributed by atoms with Crippen LogP contribution in [-0.4, -0.2) is 30.0 Å². The van der Waals surface area contributed by atoms with Crippen molar-refractivity contribution in [3.05, 3.63) is 32.2 Å². The van der Waals surface area contributed by atoms with Crippen LogP contribution in [0.4, 0.5) is 0 Å². The second-order valence-corrected chi connectivity index (χ2v) is 8.15. The molecule has 0 radical (unpaired) electrons. The van der Waals surface area contributed by atoms with Gasteiger partial charge in [-0.05, 0) is 35.8 Å². The zero-order valence-corrected chi connectivity index (χ0v) is 14.0. The van der Waals surface area contributed by atoms with Gasteiger partial charge in [0.2, 0.25) is 10.0 Å². The lowest BCUT2D eigenvalue weighted by Gasteiger charge is -2.16. The molecule has 0 atom stereocenters. The van der Waals surface area contributed by atoms with E-state index in [0.29, 0.717) is 17.9 Å². The van der Waals surface area contributed by atoms with Crippen LogP contribution in [0.3, 0.4) is 0 Å². The lowest BCUT2D eigenvalue weighted by Crippen LogP contribution is -2.27. The highest BCUT2D eigenvalue weighted by atomic mass is 79.9. The molecular weight excluding hydrogens is 350 g/mol. The minimum absolute atomic E-state index is 0.269. The summed E-state index contributed by atoms with van der Waals surface area (Å²) in [5, 5.41) is 8.58. The molecule has 0 aliphatic heterocycles. The number of nitrogens with one attached hydrogen (secondary N) is 1. The van der Waals surface area contributed by atoms with Gasteiger partial charge in [0.05, 0.1) is 11.4 Å². The third-order valence-electron chi connectivity index (χ3n) is 2.73. The second-order valence-electron chi connectivity index (χ2n) is 4.26. The van der Waals surface area contributed by atoms with Crippen molar-refractivity contribution in [3.8, 4) is 0 Å². The quantitative estimate of drug-likeness (QED) is 0.907. The van der Waals surface area contributed by atoms with Crippen LogP contribution in [0.1, 0.15) is 16.3 Å². The first-order valence-electron chi connectivity index (χ1n) is 5.53. The van der Waals surface area contributed by atoms with Gasteiger partial charge in [0.25, 0.3) is 0 Å². The van der Waals surface area contributed by atoms with Crippen LogP contribution < -0.4 is 0 Å². The van der Waals surface area contributed by atoms with Crippen molar-refractivity contribution < 1.29 is 8.42 Å². The number of sulfonamides is 1. The number of hydrogen-bond donors (Lipinski definition) is 1. The number of nitrogens with zero attached hydrogens (tertiary/aromatic N) is 2. The van der Waals surface area contributed by atoms with Gasteiger partial charge in [-0.2, -0.15) is 9.40 Å². The molecule has 0 unspecified atom stereocenters. The van der Waals surface area contributed by atoms with Gasteiger partial charge in [-0.3, -0.25) is 5.10 Å². The minimum Gasteiger partial charge on any atom is -0.281 e. The molecule has 0 bridgehead atoms. The average molecular weight is 364 g/mol. The molecule has 0 saturated carbocycles. The Hall–Kier alpha value is -0.700. The Labute approximate surface area is 124 Å². The van der Waals surface area contributed by atoms with Gasteiger partial charge in [-0.15, -0.1) is 11.3 Å². The van der Waals surface area contributed by atoms with Gasteiger partial charge in [-0.1, -0.05) is 0 Å². The lowest BCUT2D eigenvalue weighted by molar-refractivity contribution is 0.468. The molecule has 19 heavy (non-hydrogen) atoms. The van der Waals surface area contributed by atoms with E-state index in [4.69, 9.17) is 0 Å². The van der Waals surface area contributed by atoms with Gasteiger partial charge in [-0.25, -0.2) is 8.42 Å². The van der Waals surface area contributed by atoms with E-state index in [1.54, 1.807) is 20.9 Å². The van der Waals surface area contributed by atoms with E-state index in [9.17, 15) is 8.42 Å². The van der Waals surface area contributed by atoms with Crippen molar-refractivity contribution in [3.63, 3.8) is 0 Å². The van der Waals surface area contributed by atoms with Crippen LogP contribution in [-0.2, 0) is 16.6 Å². The maximum absolute atomic E-state index is 12.5. The largest absolute Gasteiger partial charge is 0.281 e. The Kier molecular flexibility index (Phi) is 4.14. The summed E-state index contributed by atoms with van der Waals surface area (Å²) < 4.78 is 27.3. The van der Waals surface area contributed by atoms with Crippen LogP contribution in [0.25, 0.3) is 0 Å². The number of aryl methyl sites for hydroxylation is 2. The summed E-state index contributed by atoms with van der Waals surface area (Å²) >= 11 is 4.89. The molecule has 0 fully saturated rings. The number of thiophene rings is 1. The summed E-state index contributed by atoms with van der Waals surface area (Å²) in [5.41, 5.74) is 1.06. The van der Waals surface area contributed by atoms with Crippen LogP contribution in [0.2, 0.25) is 0 Å². The number of halogens is 1. The molecule has 0 saturated heterocycles. The van der Waals surface area contributed by atoms with E-state index in [1.807, 2.05) is 11.4 Å². The molecule has 5 nitrogen and oxygen atoms in total. The monoisotopic (exact) mass is 363 g/mol. The maximum Gasteiger partial charge on any atom is 0.246 e. The average Bonchev–Trinajstić information content (AvgIpc) is 2.85. The summed E-state index contributed by atoms with van der Waals surface area (Å²) in [6.07, 6.45) is 0. The summed E-state index contributed by atoms with van der Waals surface area (Å²) in [5.74, 6) is 0. The molecule has 0 amide bonds. The Bertz CT molecular complexity index is 671. The molecule has 1 N–H and O–H groups in total. The molecule has 0 aromatic carbocycles. The molecule has 2 aromatic heterocycles. The molecule has 0 aliphatic rings. The second kappa shape index (κ2) is 5.35. The van der Waals surface area contributed by atoms with E-state index in [-0.39, 0.29) is 4.90 Å². The van der Waals surface area contributed by atoms with Crippen LogP contribution in [0.5, 0.6) is 0 Å². The first kappa shape index (κ1) is 14.7. The first-order chi connectivity index (χ1) is 8.82. The van der Waals surface area contributed by atoms with E-state index in [0.717, 1.165) is 9.35 Å². The van der Waals surface area contributed by atoms with Crippen molar-refractivity contribution in [2.75, 3.05) is 7.05 Å². The topological polar surface area (TPSA) is 66.1 Å². The molecule has 104 valence electrons. The fourth-order valence-electron chi connectivity index (χ4n) is 1.82. The molecule has 8 heteroatoms. The van der Waals surface area contributed by atoms with Crippen LogP contribution in [0.15, 0.2) is 20.8 Å². The number of H-pyrrole nitrogens is 1. The van der Waals surface area contributed by atoms with Gasteiger partial charge in [0, 0.05) is 28.3 Å². The number of rotatable bonds is 4. The summed E-state index contributed by atoms with van der Waals surface area (Å²) in [7, 11) is -1.94.